The summed E-state index contributed by atoms with van der Waals surface area (Å²) in [4.78, 5) is 23.0. The maximum absolute atomic E-state index is 13.1. The number of alkyl halides is 3. The molecule has 0 saturated carbocycles. The lowest BCUT2D eigenvalue weighted by atomic mass is 9.86. The Labute approximate surface area is 235 Å². The molecule has 3 aromatic rings. The number of hydrogen-bond acceptors (Lipinski definition) is 5. The third kappa shape index (κ3) is 7.62. The Morgan fingerprint density at radius 1 is 1.10 bits per heavy atom. The van der Waals surface area contributed by atoms with Crippen molar-refractivity contribution in [3.8, 4) is 5.88 Å². The third-order valence-electron chi connectivity index (χ3n) is 7.01. The van der Waals surface area contributed by atoms with Crippen LogP contribution in [0.15, 0.2) is 61.1 Å². The number of nitrogens with one attached hydrogen (secondary N) is 1. The van der Waals surface area contributed by atoms with Gasteiger partial charge in [0.05, 0.1) is 21.2 Å². The van der Waals surface area contributed by atoms with Crippen molar-refractivity contribution < 1.29 is 22.7 Å². The average molecular weight is 581 g/mol. The van der Waals surface area contributed by atoms with E-state index >= 15 is 0 Å². The molecule has 2 atom stereocenters. The van der Waals surface area contributed by atoms with Gasteiger partial charge < -0.3 is 15.0 Å². The molecule has 208 valence electrons. The van der Waals surface area contributed by atoms with Crippen LogP contribution in [0.25, 0.3) is 0 Å². The molecule has 11 heteroatoms. The highest BCUT2D eigenvalue weighted by Gasteiger charge is 2.33. The lowest BCUT2D eigenvalue weighted by molar-refractivity contribution is -0.137. The zero-order valence-electron chi connectivity index (χ0n) is 21.3. The van der Waals surface area contributed by atoms with Gasteiger partial charge in [0.2, 0.25) is 5.88 Å². The van der Waals surface area contributed by atoms with Crippen LogP contribution in [0.1, 0.15) is 53.8 Å². The van der Waals surface area contributed by atoms with Crippen LogP contribution < -0.4 is 10.1 Å². The van der Waals surface area contributed by atoms with Gasteiger partial charge in [-0.3, -0.25) is 9.78 Å². The largest absolute Gasteiger partial charge is 0.469 e. The lowest BCUT2D eigenvalue weighted by Crippen LogP contribution is -2.43. The number of halogens is 5. The summed E-state index contributed by atoms with van der Waals surface area (Å²) in [5.74, 6) is 0.190. The topological polar surface area (TPSA) is 67.4 Å². The molecule has 0 bridgehead atoms. The molecule has 1 saturated heterocycles. The quantitative estimate of drug-likeness (QED) is 0.300. The minimum absolute atomic E-state index is 0.0999. The number of pyridine rings is 2. The number of benzene rings is 1. The number of hydrogen-bond donors (Lipinski definition) is 1. The molecule has 1 aromatic carbocycles. The SMILES string of the molecule is CC(CCNC(=O)c1c(Cl)cncc1Cl)N1CCC(C(Oc2ccccn2)c2ccc(C(F)(F)F)cc2)CC1. The Kier molecular flexibility index (Phi) is 9.69. The van der Waals surface area contributed by atoms with Gasteiger partial charge in [-0.25, -0.2) is 4.98 Å². The lowest BCUT2D eigenvalue weighted by Gasteiger charge is -2.39. The predicted molar refractivity (Wildman–Crippen MR) is 144 cm³/mol. The average Bonchev–Trinajstić information content (AvgIpc) is 2.92. The van der Waals surface area contributed by atoms with Crippen LogP contribution in [0.2, 0.25) is 10.0 Å². The van der Waals surface area contributed by atoms with Gasteiger partial charge in [0.25, 0.3) is 5.91 Å². The van der Waals surface area contributed by atoms with Crippen LogP contribution in [-0.2, 0) is 6.18 Å². The van der Waals surface area contributed by atoms with E-state index in [0.717, 1.165) is 44.5 Å². The molecule has 1 aliphatic rings. The van der Waals surface area contributed by atoms with E-state index in [1.54, 1.807) is 18.3 Å². The van der Waals surface area contributed by atoms with Crippen LogP contribution in [-0.4, -0.2) is 46.5 Å². The smallest absolute Gasteiger partial charge is 0.416 e. The summed E-state index contributed by atoms with van der Waals surface area (Å²) in [6.45, 7) is 4.15. The molecule has 3 heterocycles. The molecule has 39 heavy (non-hydrogen) atoms. The van der Waals surface area contributed by atoms with E-state index in [9.17, 15) is 18.0 Å². The number of rotatable bonds is 9. The molecule has 4 rings (SSSR count). The van der Waals surface area contributed by atoms with Crippen molar-refractivity contribution in [2.75, 3.05) is 19.6 Å². The maximum Gasteiger partial charge on any atom is 0.416 e. The highest BCUT2D eigenvalue weighted by atomic mass is 35.5. The van der Waals surface area contributed by atoms with Crippen molar-refractivity contribution in [2.24, 2.45) is 5.92 Å². The summed E-state index contributed by atoms with van der Waals surface area (Å²) < 4.78 is 45.6. The molecular formula is C28H29Cl2F3N4O2. The Bertz CT molecular complexity index is 1220. The molecule has 1 fully saturated rings. The first kappa shape index (κ1) is 29.1. The monoisotopic (exact) mass is 580 g/mol. The van der Waals surface area contributed by atoms with Crippen molar-refractivity contribution in [1.82, 2.24) is 20.2 Å². The van der Waals surface area contributed by atoms with E-state index in [4.69, 9.17) is 27.9 Å². The van der Waals surface area contributed by atoms with Gasteiger partial charge in [-0.15, -0.1) is 0 Å². The Morgan fingerprint density at radius 2 is 1.77 bits per heavy atom. The summed E-state index contributed by atoms with van der Waals surface area (Å²) in [5.41, 5.74) is 0.215. The molecule has 6 nitrogen and oxygen atoms in total. The Morgan fingerprint density at radius 3 is 2.36 bits per heavy atom. The van der Waals surface area contributed by atoms with Crippen molar-refractivity contribution in [2.45, 2.75) is 44.5 Å². The number of carbonyl (C=O) groups excluding carboxylic acids is 1. The standard InChI is InChI=1S/C28H29Cl2F3N4O2/c1-18(9-13-36-27(38)25-22(29)16-34-17-23(25)30)37-14-10-20(11-15-37)26(39-24-4-2-3-12-35-24)19-5-7-21(8-6-19)28(31,32)33/h2-8,12,16-18,20,26H,9-11,13-15H2,1H3,(H,36,38). The summed E-state index contributed by atoms with van der Waals surface area (Å²) in [6, 6.07) is 10.7. The number of ether oxygens (including phenoxy) is 1. The summed E-state index contributed by atoms with van der Waals surface area (Å²) in [6.07, 6.45) is 1.90. The number of amides is 1. The van der Waals surface area contributed by atoms with Crippen molar-refractivity contribution in [1.29, 1.82) is 0 Å². The molecular weight excluding hydrogens is 552 g/mol. The van der Waals surface area contributed by atoms with Crippen molar-refractivity contribution in [3.05, 3.63) is 87.8 Å². The number of aromatic nitrogens is 2. The molecule has 1 amide bonds. The number of carbonyl (C=O) groups is 1. The number of nitrogens with zero attached hydrogens (tertiary/aromatic N) is 3. The van der Waals surface area contributed by atoms with E-state index in [2.05, 4.69) is 27.1 Å². The molecule has 1 N–H and O–H groups in total. The van der Waals surface area contributed by atoms with Crippen LogP contribution in [0.3, 0.4) is 0 Å². The fourth-order valence-electron chi connectivity index (χ4n) is 4.80. The number of piperidine rings is 1. The summed E-state index contributed by atoms with van der Waals surface area (Å²) in [7, 11) is 0. The van der Waals surface area contributed by atoms with Crippen LogP contribution in [0.5, 0.6) is 5.88 Å². The second-order valence-corrected chi connectivity index (χ2v) is 10.4. The first-order valence-corrected chi connectivity index (χ1v) is 13.4. The Balaban J connectivity index is 1.35. The van der Waals surface area contributed by atoms with E-state index in [-0.39, 0.29) is 33.5 Å². The predicted octanol–water partition coefficient (Wildman–Crippen LogP) is 6.84. The fraction of sp³-hybridized carbons (Fsp3) is 0.393. The Hall–Kier alpha value is -2.88. The molecule has 2 aromatic heterocycles. The van der Waals surface area contributed by atoms with Gasteiger partial charge in [0, 0.05) is 43.2 Å². The fourth-order valence-corrected chi connectivity index (χ4v) is 5.34. The maximum atomic E-state index is 13.1. The van der Waals surface area contributed by atoms with Crippen LogP contribution in [0, 0.1) is 5.92 Å². The molecule has 2 unspecified atom stereocenters. The molecule has 0 aliphatic carbocycles. The minimum Gasteiger partial charge on any atom is -0.469 e. The number of likely N-dealkylation sites (tertiary alicyclic amines) is 1. The second-order valence-electron chi connectivity index (χ2n) is 9.57. The van der Waals surface area contributed by atoms with Gasteiger partial charge in [0.15, 0.2) is 0 Å². The zero-order chi connectivity index (χ0) is 28.0. The van der Waals surface area contributed by atoms with Gasteiger partial charge in [-0.1, -0.05) is 41.4 Å². The van der Waals surface area contributed by atoms with Gasteiger partial charge in [-0.05, 0) is 63.0 Å². The molecule has 0 radical (unpaired) electrons. The minimum atomic E-state index is -4.40. The van der Waals surface area contributed by atoms with Gasteiger partial charge in [0.1, 0.15) is 6.10 Å². The van der Waals surface area contributed by atoms with Crippen molar-refractivity contribution >= 4 is 29.1 Å². The molecule has 0 spiro atoms. The first-order chi connectivity index (χ1) is 18.6. The van der Waals surface area contributed by atoms with Gasteiger partial charge in [-0.2, -0.15) is 13.2 Å². The van der Waals surface area contributed by atoms with Crippen molar-refractivity contribution in [3.63, 3.8) is 0 Å². The van der Waals surface area contributed by atoms with Crippen LogP contribution in [0.4, 0.5) is 13.2 Å². The van der Waals surface area contributed by atoms with Crippen LogP contribution >= 0.6 is 23.2 Å². The molecule has 1 aliphatic heterocycles. The summed E-state index contributed by atoms with van der Waals surface area (Å²) >= 11 is 12.1. The van der Waals surface area contributed by atoms with E-state index in [1.807, 2.05) is 6.07 Å². The first-order valence-electron chi connectivity index (χ1n) is 12.7. The highest BCUT2D eigenvalue weighted by Crippen LogP contribution is 2.37. The van der Waals surface area contributed by atoms with E-state index in [1.165, 1.54) is 24.5 Å². The second kappa shape index (κ2) is 13.0. The summed E-state index contributed by atoms with van der Waals surface area (Å²) in [5, 5.41) is 3.27. The van der Waals surface area contributed by atoms with Gasteiger partial charge >= 0.3 is 6.18 Å². The highest BCUT2D eigenvalue weighted by molar-refractivity contribution is 6.39. The normalized spacial score (nSPS) is 16.5. The van der Waals surface area contributed by atoms with E-state index < -0.39 is 17.8 Å². The van der Waals surface area contributed by atoms with E-state index in [0.29, 0.717) is 18.0 Å². The zero-order valence-corrected chi connectivity index (χ0v) is 22.8. The third-order valence-corrected chi connectivity index (χ3v) is 7.58.